The van der Waals surface area contributed by atoms with E-state index in [1.165, 1.54) is 135 Å². The van der Waals surface area contributed by atoms with Crippen molar-refractivity contribution >= 4 is 5.91 Å². The first kappa shape index (κ1) is 55.1. The Bertz CT molecular complexity index is 926. The fourth-order valence-electron chi connectivity index (χ4n) is 8.04. The molecule has 1 saturated heterocycles. The van der Waals surface area contributed by atoms with Gasteiger partial charge in [-0.05, 0) is 18.8 Å². The van der Waals surface area contributed by atoms with E-state index in [0.29, 0.717) is 19.3 Å². The van der Waals surface area contributed by atoms with Gasteiger partial charge in [0.05, 0.1) is 25.4 Å². The minimum absolute atomic E-state index is 0.265. The lowest BCUT2D eigenvalue weighted by Crippen LogP contribution is -2.60. The molecule has 0 spiro atoms. The van der Waals surface area contributed by atoms with Gasteiger partial charge in [-0.3, -0.25) is 4.79 Å². The summed E-state index contributed by atoms with van der Waals surface area (Å²) in [6.07, 6.45) is 24.6. The van der Waals surface area contributed by atoms with Crippen LogP contribution in [0, 0.1) is 5.92 Å². The average molecular weight is 832 g/mol. The Morgan fingerprint density at radius 1 is 0.569 bits per heavy atom. The van der Waals surface area contributed by atoms with Gasteiger partial charge in [-0.1, -0.05) is 207 Å². The highest BCUT2D eigenvalue weighted by Crippen LogP contribution is 2.23. The number of ether oxygens (including phenoxy) is 2. The van der Waals surface area contributed by atoms with E-state index >= 15 is 0 Å². The van der Waals surface area contributed by atoms with Crippen LogP contribution in [0.3, 0.4) is 0 Å². The molecule has 0 aromatic heterocycles. The lowest BCUT2D eigenvalue weighted by molar-refractivity contribution is -0.303. The molecule has 1 aliphatic rings. The Balaban J connectivity index is 2.37. The van der Waals surface area contributed by atoms with E-state index in [4.69, 9.17) is 9.47 Å². The average Bonchev–Trinajstić information content (AvgIpc) is 3.21. The molecule has 11 nitrogen and oxygen atoms in total. The van der Waals surface area contributed by atoms with E-state index in [2.05, 4.69) is 26.1 Å². The van der Waals surface area contributed by atoms with Crippen LogP contribution in [0.2, 0.25) is 0 Å². The molecule has 0 aromatic rings. The topological polar surface area (TPSA) is 189 Å². The number of carbonyl (C=O) groups is 1. The molecule has 346 valence electrons. The molecule has 1 aliphatic heterocycles. The van der Waals surface area contributed by atoms with Crippen molar-refractivity contribution < 1.29 is 50.0 Å². The van der Waals surface area contributed by atoms with Gasteiger partial charge in [-0.15, -0.1) is 0 Å². The van der Waals surface area contributed by atoms with E-state index in [1.807, 2.05) is 0 Å². The summed E-state index contributed by atoms with van der Waals surface area (Å²) < 4.78 is 11.1. The number of carbonyl (C=O) groups excluding carboxylic acids is 1. The summed E-state index contributed by atoms with van der Waals surface area (Å²) in [4.78, 5) is 13.1. The van der Waals surface area contributed by atoms with Gasteiger partial charge in [0.15, 0.2) is 6.29 Å². The Kier molecular flexibility index (Phi) is 34.9. The molecular weight excluding hydrogens is 739 g/mol. The standard InChI is InChI=1S/C47H93NO10/c1-4-5-6-7-8-9-10-11-12-13-14-15-16-17-18-19-20-25-28-31-34-40(51)46(56)48-38(36-57-47-45(55)44(54)43(53)41(35-49)58-47)42(52)39(50)33-30-27-24-22-21-23-26-29-32-37(2)3/h37-45,47,49-55H,4-36H2,1-3H3,(H,48,56)/t38-,39+,40+,41?,42-,43+,44?,45?,47+/m0/s1. The molecule has 0 aromatic carbocycles. The van der Waals surface area contributed by atoms with Gasteiger partial charge in [0.1, 0.15) is 36.6 Å². The number of amides is 1. The molecule has 1 rings (SSSR count). The molecule has 9 atom stereocenters. The molecule has 3 unspecified atom stereocenters. The zero-order chi connectivity index (χ0) is 42.8. The fourth-order valence-corrected chi connectivity index (χ4v) is 8.04. The van der Waals surface area contributed by atoms with Gasteiger partial charge >= 0.3 is 0 Å². The van der Waals surface area contributed by atoms with Crippen LogP contribution in [0.25, 0.3) is 0 Å². The van der Waals surface area contributed by atoms with E-state index in [1.54, 1.807) is 0 Å². The minimum atomic E-state index is -1.66. The Morgan fingerprint density at radius 3 is 1.38 bits per heavy atom. The van der Waals surface area contributed by atoms with E-state index < -0.39 is 74.2 Å². The normalized spacial score (nSPS) is 21.9. The van der Waals surface area contributed by atoms with Crippen LogP contribution < -0.4 is 5.32 Å². The van der Waals surface area contributed by atoms with Gasteiger partial charge < -0.3 is 50.5 Å². The van der Waals surface area contributed by atoms with Crippen LogP contribution in [-0.4, -0.2) is 110 Å². The predicted molar refractivity (Wildman–Crippen MR) is 233 cm³/mol. The summed E-state index contributed by atoms with van der Waals surface area (Å²) in [5.41, 5.74) is 0. The van der Waals surface area contributed by atoms with E-state index in [9.17, 15) is 40.5 Å². The third-order valence-electron chi connectivity index (χ3n) is 12.1. The van der Waals surface area contributed by atoms with E-state index in [0.717, 1.165) is 44.4 Å². The monoisotopic (exact) mass is 832 g/mol. The molecule has 1 fully saturated rings. The van der Waals surface area contributed by atoms with Crippen molar-refractivity contribution in [1.29, 1.82) is 0 Å². The highest BCUT2D eigenvalue weighted by Gasteiger charge is 2.44. The number of nitrogens with one attached hydrogen (secondary N) is 1. The molecule has 0 saturated carbocycles. The lowest BCUT2D eigenvalue weighted by atomic mass is 9.98. The van der Waals surface area contributed by atoms with Crippen molar-refractivity contribution in [2.45, 2.75) is 275 Å². The summed E-state index contributed by atoms with van der Waals surface area (Å²) in [5.74, 6) is 0.0528. The first-order chi connectivity index (χ1) is 28.0. The number of rotatable bonds is 40. The second-order valence-corrected chi connectivity index (χ2v) is 18.0. The van der Waals surface area contributed by atoms with Gasteiger partial charge in [0, 0.05) is 0 Å². The van der Waals surface area contributed by atoms with Crippen molar-refractivity contribution in [2.75, 3.05) is 13.2 Å². The number of aliphatic hydroxyl groups is 7. The number of hydrogen-bond donors (Lipinski definition) is 8. The fraction of sp³-hybridized carbons (Fsp3) is 0.979. The second kappa shape index (κ2) is 36.7. The summed E-state index contributed by atoms with van der Waals surface area (Å²) in [6.45, 7) is 5.72. The minimum Gasteiger partial charge on any atom is -0.394 e. The molecule has 0 bridgehead atoms. The van der Waals surface area contributed by atoms with Crippen LogP contribution in [0.15, 0.2) is 0 Å². The maximum Gasteiger partial charge on any atom is 0.249 e. The Labute approximate surface area is 354 Å². The van der Waals surface area contributed by atoms with Crippen LogP contribution in [-0.2, 0) is 14.3 Å². The predicted octanol–water partition coefficient (Wildman–Crippen LogP) is 8.14. The number of hydrogen-bond acceptors (Lipinski definition) is 10. The molecular formula is C47H93NO10. The second-order valence-electron chi connectivity index (χ2n) is 18.0. The lowest BCUT2D eigenvalue weighted by Gasteiger charge is -2.40. The summed E-state index contributed by atoms with van der Waals surface area (Å²) in [6, 6.07) is -1.16. The SMILES string of the molecule is CCCCCCCCCCCCCCCCCCCCCC[C@@H](O)C(=O)N[C@@H](CO[C@@H]1OC(CO)[C@@H](O)C(O)C1O)[C@H](O)[C@H](O)CCCCCCCCCCC(C)C. The van der Waals surface area contributed by atoms with Gasteiger partial charge in [-0.2, -0.15) is 0 Å². The maximum absolute atomic E-state index is 13.1. The largest absolute Gasteiger partial charge is 0.394 e. The molecule has 8 N–H and O–H groups in total. The molecule has 1 amide bonds. The summed E-state index contributed by atoms with van der Waals surface area (Å²) in [7, 11) is 0. The zero-order valence-corrected chi connectivity index (χ0v) is 37.5. The highest BCUT2D eigenvalue weighted by atomic mass is 16.7. The number of aliphatic hydroxyl groups excluding tert-OH is 7. The van der Waals surface area contributed by atoms with Crippen molar-refractivity contribution in [3.05, 3.63) is 0 Å². The van der Waals surface area contributed by atoms with Gasteiger partial charge in [0.2, 0.25) is 5.91 Å². The quantitative estimate of drug-likeness (QED) is 0.0280. The van der Waals surface area contributed by atoms with E-state index in [-0.39, 0.29) is 6.42 Å². The molecule has 0 radical (unpaired) electrons. The smallest absolute Gasteiger partial charge is 0.249 e. The Hall–Kier alpha value is -0.890. The zero-order valence-electron chi connectivity index (χ0n) is 37.5. The number of unbranched alkanes of at least 4 members (excludes halogenated alkanes) is 26. The van der Waals surface area contributed by atoms with Crippen LogP contribution in [0.4, 0.5) is 0 Å². The van der Waals surface area contributed by atoms with Crippen LogP contribution in [0.1, 0.15) is 220 Å². The van der Waals surface area contributed by atoms with Crippen molar-refractivity contribution in [3.8, 4) is 0 Å². The Morgan fingerprint density at radius 2 is 0.966 bits per heavy atom. The molecule has 0 aliphatic carbocycles. The third kappa shape index (κ3) is 27.1. The first-order valence-electron chi connectivity index (χ1n) is 24.3. The van der Waals surface area contributed by atoms with Crippen molar-refractivity contribution in [3.63, 3.8) is 0 Å². The van der Waals surface area contributed by atoms with Crippen LogP contribution >= 0.6 is 0 Å². The summed E-state index contributed by atoms with van der Waals surface area (Å²) >= 11 is 0. The molecule has 1 heterocycles. The van der Waals surface area contributed by atoms with Crippen LogP contribution in [0.5, 0.6) is 0 Å². The van der Waals surface area contributed by atoms with Crippen molar-refractivity contribution in [1.82, 2.24) is 5.32 Å². The summed E-state index contributed by atoms with van der Waals surface area (Å²) in [5, 5.41) is 75.6. The van der Waals surface area contributed by atoms with Gasteiger partial charge in [-0.25, -0.2) is 0 Å². The third-order valence-corrected chi connectivity index (χ3v) is 12.1. The highest BCUT2D eigenvalue weighted by molar-refractivity contribution is 5.80. The van der Waals surface area contributed by atoms with Crippen molar-refractivity contribution in [2.24, 2.45) is 5.92 Å². The molecule has 11 heteroatoms. The first-order valence-corrected chi connectivity index (χ1v) is 24.3. The van der Waals surface area contributed by atoms with Gasteiger partial charge in [0.25, 0.3) is 0 Å². The molecule has 58 heavy (non-hydrogen) atoms. The maximum atomic E-state index is 13.1.